The van der Waals surface area contributed by atoms with Crippen LogP contribution in [0.1, 0.15) is 19.3 Å². The van der Waals surface area contributed by atoms with E-state index in [0.29, 0.717) is 11.3 Å². The number of aromatic nitrogens is 2. The zero-order chi connectivity index (χ0) is 12.5. The van der Waals surface area contributed by atoms with Crippen molar-refractivity contribution < 1.29 is 4.74 Å². The maximum atomic E-state index is 12.3. The first-order chi connectivity index (χ1) is 8.75. The van der Waals surface area contributed by atoms with Crippen molar-refractivity contribution in [2.45, 2.75) is 31.9 Å². The highest BCUT2D eigenvalue weighted by Gasteiger charge is 2.16. The normalized spacial score (nSPS) is 19.7. The van der Waals surface area contributed by atoms with Gasteiger partial charge in [0.15, 0.2) is 4.77 Å². The smallest absolute Gasteiger partial charge is 0.272 e. The molecule has 1 fully saturated rings. The minimum Gasteiger partial charge on any atom is -0.378 e. The van der Waals surface area contributed by atoms with Crippen LogP contribution in [-0.2, 0) is 11.3 Å². The van der Waals surface area contributed by atoms with Crippen LogP contribution in [0.4, 0.5) is 0 Å². The highest BCUT2D eigenvalue weighted by Crippen LogP contribution is 2.17. The van der Waals surface area contributed by atoms with Gasteiger partial charge in [0.05, 0.1) is 11.6 Å². The van der Waals surface area contributed by atoms with Crippen molar-refractivity contribution in [3.63, 3.8) is 0 Å². The van der Waals surface area contributed by atoms with Gasteiger partial charge in [-0.05, 0) is 42.9 Å². The van der Waals surface area contributed by atoms with E-state index < -0.39 is 0 Å². The van der Waals surface area contributed by atoms with Crippen molar-refractivity contribution in [2.24, 2.45) is 0 Å². The van der Waals surface area contributed by atoms with Crippen LogP contribution >= 0.6 is 23.6 Å². The third kappa shape index (κ3) is 2.15. The average Bonchev–Trinajstić information content (AvgIpc) is 2.98. The van der Waals surface area contributed by atoms with Crippen LogP contribution in [0.3, 0.4) is 0 Å². The average molecular weight is 282 g/mol. The first-order valence-corrected chi connectivity index (χ1v) is 7.36. The van der Waals surface area contributed by atoms with Crippen molar-refractivity contribution in [3.05, 3.63) is 26.6 Å². The molecule has 4 nitrogen and oxygen atoms in total. The number of thiophene rings is 1. The molecule has 1 aliphatic heterocycles. The minimum absolute atomic E-state index is 0.0155. The summed E-state index contributed by atoms with van der Waals surface area (Å²) < 4.78 is 8.47. The van der Waals surface area contributed by atoms with Crippen LogP contribution < -0.4 is 5.56 Å². The van der Waals surface area contributed by atoms with Gasteiger partial charge in [-0.2, -0.15) is 0 Å². The predicted octanol–water partition coefficient (Wildman–Crippen LogP) is 2.69. The van der Waals surface area contributed by atoms with Crippen LogP contribution in [0.2, 0.25) is 0 Å². The third-order valence-electron chi connectivity index (χ3n) is 3.29. The second-order valence-corrected chi connectivity index (χ2v) is 5.78. The van der Waals surface area contributed by atoms with Gasteiger partial charge < -0.3 is 9.72 Å². The highest BCUT2D eigenvalue weighted by molar-refractivity contribution is 7.71. The lowest BCUT2D eigenvalue weighted by molar-refractivity contribution is 0.1000. The number of H-pyrrole nitrogens is 1. The Balaban J connectivity index is 1.90. The monoisotopic (exact) mass is 282 g/mol. The van der Waals surface area contributed by atoms with E-state index >= 15 is 0 Å². The van der Waals surface area contributed by atoms with Gasteiger partial charge in [-0.1, -0.05) is 0 Å². The van der Waals surface area contributed by atoms with E-state index in [4.69, 9.17) is 17.0 Å². The molecule has 1 atom stereocenters. The lowest BCUT2D eigenvalue weighted by Gasteiger charge is -2.10. The zero-order valence-corrected chi connectivity index (χ0v) is 11.5. The van der Waals surface area contributed by atoms with Crippen molar-refractivity contribution in [2.75, 3.05) is 6.61 Å². The second-order valence-electron chi connectivity index (χ2n) is 4.47. The fourth-order valence-electron chi connectivity index (χ4n) is 2.32. The van der Waals surface area contributed by atoms with E-state index in [-0.39, 0.29) is 11.7 Å². The Morgan fingerprint density at radius 1 is 1.61 bits per heavy atom. The van der Waals surface area contributed by atoms with Crippen LogP contribution in [0.5, 0.6) is 0 Å². The molecule has 96 valence electrons. The lowest BCUT2D eigenvalue weighted by atomic mass is 10.2. The standard InChI is InChI=1S/C12H14N2O2S2/c15-11-10-9(4-7-18-10)13-12(17)14(11)5-3-8-2-1-6-16-8/h4,7-8H,1-3,5-6H2,(H,13,17). The summed E-state index contributed by atoms with van der Waals surface area (Å²) in [5, 5.41) is 1.90. The third-order valence-corrected chi connectivity index (χ3v) is 4.51. The van der Waals surface area contributed by atoms with Crippen LogP contribution in [0.15, 0.2) is 16.2 Å². The molecule has 1 saturated heterocycles. The molecule has 0 radical (unpaired) electrons. The SMILES string of the molecule is O=c1c2sccc2[nH]c(=S)n1CCC1CCCO1. The lowest BCUT2D eigenvalue weighted by Crippen LogP contribution is -2.23. The number of hydrogen-bond acceptors (Lipinski definition) is 4. The molecule has 0 aromatic carbocycles. The fraction of sp³-hybridized carbons (Fsp3) is 0.500. The molecule has 18 heavy (non-hydrogen) atoms. The molecule has 0 bridgehead atoms. The Bertz CT molecular complexity index is 665. The summed E-state index contributed by atoms with van der Waals surface area (Å²) in [4.78, 5) is 15.4. The van der Waals surface area contributed by atoms with Gasteiger partial charge in [0.2, 0.25) is 0 Å². The van der Waals surface area contributed by atoms with Crippen molar-refractivity contribution >= 4 is 33.8 Å². The van der Waals surface area contributed by atoms with Crippen LogP contribution in [0.25, 0.3) is 10.2 Å². The Morgan fingerprint density at radius 2 is 2.50 bits per heavy atom. The van der Waals surface area contributed by atoms with Crippen LogP contribution in [0, 0.1) is 4.77 Å². The van der Waals surface area contributed by atoms with E-state index in [0.717, 1.165) is 36.1 Å². The van der Waals surface area contributed by atoms with Crippen molar-refractivity contribution in [3.8, 4) is 0 Å². The van der Waals surface area contributed by atoms with Crippen molar-refractivity contribution in [1.82, 2.24) is 9.55 Å². The van der Waals surface area contributed by atoms with Gasteiger partial charge in [-0.25, -0.2) is 0 Å². The first kappa shape index (κ1) is 12.1. The highest BCUT2D eigenvalue weighted by atomic mass is 32.1. The molecular formula is C12H14N2O2S2. The summed E-state index contributed by atoms with van der Waals surface area (Å²) in [6, 6.07) is 1.89. The largest absolute Gasteiger partial charge is 0.378 e. The molecule has 3 rings (SSSR count). The molecule has 1 unspecified atom stereocenters. The quantitative estimate of drug-likeness (QED) is 0.880. The van der Waals surface area contributed by atoms with Crippen LogP contribution in [-0.4, -0.2) is 22.3 Å². The minimum atomic E-state index is 0.0155. The van der Waals surface area contributed by atoms with Gasteiger partial charge in [0.1, 0.15) is 4.70 Å². The molecule has 0 saturated carbocycles. The topological polar surface area (TPSA) is 47.0 Å². The number of ether oxygens (including phenoxy) is 1. The molecule has 2 aromatic rings. The molecule has 1 N–H and O–H groups in total. The summed E-state index contributed by atoms with van der Waals surface area (Å²) in [7, 11) is 0. The van der Waals surface area contributed by atoms with Gasteiger partial charge in [0.25, 0.3) is 5.56 Å². The molecule has 2 aromatic heterocycles. The van der Waals surface area contributed by atoms with E-state index in [9.17, 15) is 4.79 Å². The number of fused-ring (bicyclic) bond motifs is 1. The molecule has 6 heteroatoms. The molecule has 1 aliphatic rings. The predicted molar refractivity (Wildman–Crippen MR) is 74.9 cm³/mol. The summed E-state index contributed by atoms with van der Waals surface area (Å²) in [5.74, 6) is 0. The van der Waals surface area contributed by atoms with Gasteiger partial charge in [-0.15, -0.1) is 11.3 Å². The van der Waals surface area contributed by atoms with Gasteiger partial charge >= 0.3 is 0 Å². The van der Waals surface area contributed by atoms with E-state index in [2.05, 4.69) is 4.98 Å². The summed E-state index contributed by atoms with van der Waals surface area (Å²) >= 11 is 6.70. The first-order valence-electron chi connectivity index (χ1n) is 6.07. The summed E-state index contributed by atoms with van der Waals surface area (Å²) in [5.41, 5.74) is 0.852. The number of aromatic amines is 1. The Labute approximate surface area is 113 Å². The second kappa shape index (κ2) is 4.95. The zero-order valence-electron chi connectivity index (χ0n) is 9.85. The molecular weight excluding hydrogens is 268 g/mol. The maximum Gasteiger partial charge on any atom is 0.272 e. The van der Waals surface area contributed by atoms with Crippen molar-refractivity contribution in [1.29, 1.82) is 0 Å². The fourth-order valence-corrected chi connectivity index (χ4v) is 3.40. The number of hydrogen-bond donors (Lipinski definition) is 1. The Kier molecular flexibility index (Phi) is 3.32. The van der Waals surface area contributed by atoms with Gasteiger partial charge in [0, 0.05) is 13.2 Å². The molecule has 0 aliphatic carbocycles. The summed E-state index contributed by atoms with van der Waals surface area (Å²) in [6.07, 6.45) is 3.35. The Morgan fingerprint density at radius 3 is 3.28 bits per heavy atom. The number of nitrogens with one attached hydrogen (secondary N) is 1. The summed E-state index contributed by atoms with van der Waals surface area (Å²) in [6.45, 7) is 1.48. The van der Waals surface area contributed by atoms with E-state index in [1.165, 1.54) is 11.3 Å². The molecule has 0 amide bonds. The van der Waals surface area contributed by atoms with E-state index in [1.54, 1.807) is 4.57 Å². The van der Waals surface area contributed by atoms with E-state index in [1.807, 2.05) is 11.4 Å². The number of nitrogens with zero attached hydrogens (tertiary/aromatic N) is 1. The molecule has 3 heterocycles. The van der Waals surface area contributed by atoms with Gasteiger partial charge in [-0.3, -0.25) is 9.36 Å². The number of rotatable bonds is 3. The Hall–Kier alpha value is -0.980. The maximum absolute atomic E-state index is 12.3. The molecule has 0 spiro atoms.